The third-order valence-electron chi connectivity index (χ3n) is 4.06. The van der Waals surface area contributed by atoms with E-state index in [9.17, 15) is 8.42 Å². The fourth-order valence-corrected chi connectivity index (χ4v) is 4.29. The van der Waals surface area contributed by atoms with E-state index in [0.717, 1.165) is 30.5 Å². The number of sulfone groups is 1. The van der Waals surface area contributed by atoms with E-state index < -0.39 is 9.84 Å². The average Bonchev–Trinajstić information content (AvgIpc) is 2.44. The number of benzene rings is 1. The minimum atomic E-state index is -3.10. The van der Waals surface area contributed by atoms with Crippen molar-refractivity contribution in [1.82, 2.24) is 5.32 Å². The Hall–Kier alpha value is -0.870. The van der Waals surface area contributed by atoms with Crippen molar-refractivity contribution in [3.8, 4) is 0 Å². The Kier molecular flexibility index (Phi) is 7.40. The number of nitrogens with one attached hydrogen (secondary N) is 1. The van der Waals surface area contributed by atoms with Crippen LogP contribution in [0.4, 0.5) is 0 Å². The lowest BCUT2D eigenvalue weighted by atomic mass is 10.0. The quantitative estimate of drug-likeness (QED) is 0.761. The maximum absolute atomic E-state index is 12.5. The first-order valence-electron chi connectivity index (χ1n) is 7.88. The first-order chi connectivity index (χ1) is 9.89. The summed E-state index contributed by atoms with van der Waals surface area (Å²) in [4.78, 5) is 0. The zero-order valence-corrected chi connectivity index (χ0v) is 14.5. The molecule has 120 valence electrons. The van der Waals surface area contributed by atoms with E-state index in [4.69, 9.17) is 0 Å². The highest BCUT2D eigenvalue weighted by atomic mass is 32.2. The SMILES string of the molecule is CCCNC(CS(=O)(=O)Cc1ccccc1C)C(C)CC. The highest BCUT2D eigenvalue weighted by molar-refractivity contribution is 7.90. The van der Waals surface area contributed by atoms with E-state index in [1.807, 2.05) is 31.2 Å². The molecule has 2 unspecified atom stereocenters. The average molecular weight is 311 g/mol. The molecule has 0 saturated carbocycles. The van der Waals surface area contributed by atoms with Crippen molar-refractivity contribution in [2.24, 2.45) is 5.92 Å². The minimum Gasteiger partial charge on any atom is -0.313 e. The topological polar surface area (TPSA) is 46.2 Å². The monoisotopic (exact) mass is 311 g/mol. The Morgan fingerprint density at radius 1 is 1.19 bits per heavy atom. The number of aryl methyl sites for hydroxylation is 1. The van der Waals surface area contributed by atoms with Gasteiger partial charge in [-0.15, -0.1) is 0 Å². The van der Waals surface area contributed by atoms with E-state index in [-0.39, 0.29) is 17.5 Å². The lowest BCUT2D eigenvalue weighted by Crippen LogP contribution is -2.41. The van der Waals surface area contributed by atoms with Crippen LogP contribution in [0.5, 0.6) is 0 Å². The maximum Gasteiger partial charge on any atom is 0.155 e. The number of hydrogen-bond donors (Lipinski definition) is 1. The molecule has 0 fully saturated rings. The molecular formula is C17H29NO2S. The molecule has 0 heterocycles. The Bertz CT molecular complexity index is 525. The van der Waals surface area contributed by atoms with Crippen LogP contribution in [-0.4, -0.2) is 26.8 Å². The van der Waals surface area contributed by atoms with Crippen molar-refractivity contribution in [3.63, 3.8) is 0 Å². The maximum atomic E-state index is 12.5. The van der Waals surface area contributed by atoms with E-state index in [2.05, 4.69) is 26.1 Å². The molecule has 1 aromatic carbocycles. The molecule has 1 rings (SSSR count). The van der Waals surface area contributed by atoms with Crippen molar-refractivity contribution in [2.45, 2.75) is 52.3 Å². The van der Waals surface area contributed by atoms with E-state index in [1.165, 1.54) is 0 Å². The van der Waals surface area contributed by atoms with Gasteiger partial charge in [0.2, 0.25) is 0 Å². The van der Waals surface area contributed by atoms with Gasteiger partial charge in [-0.05, 0) is 36.9 Å². The summed E-state index contributed by atoms with van der Waals surface area (Å²) in [6.07, 6.45) is 2.01. The lowest BCUT2D eigenvalue weighted by molar-refractivity contribution is 0.391. The lowest BCUT2D eigenvalue weighted by Gasteiger charge is -2.24. The molecular weight excluding hydrogens is 282 g/mol. The Morgan fingerprint density at radius 3 is 2.43 bits per heavy atom. The van der Waals surface area contributed by atoms with Gasteiger partial charge in [0.1, 0.15) is 0 Å². The second-order valence-corrected chi connectivity index (χ2v) is 8.04. The highest BCUT2D eigenvalue weighted by Crippen LogP contribution is 2.16. The predicted octanol–water partition coefficient (Wildman–Crippen LogP) is 3.32. The molecule has 0 saturated heterocycles. The first-order valence-corrected chi connectivity index (χ1v) is 9.70. The van der Waals surface area contributed by atoms with Crippen LogP contribution in [0.2, 0.25) is 0 Å². The molecule has 21 heavy (non-hydrogen) atoms. The second-order valence-electron chi connectivity index (χ2n) is 5.93. The zero-order valence-electron chi connectivity index (χ0n) is 13.7. The van der Waals surface area contributed by atoms with Crippen LogP contribution in [0.3, 0.4) is 0 Å². The van der Waals surface area contributed by atoms with Crippen molar-refractivity contribution in [1.29, 1.82) is 0 Å². The molecule has 0 radical (unpaired) electrons. The van der Waals surface area contributed by atoms with Gasteiger partial charge in [0, 0.05) is 6.04 Å². The summed E-state index contributed by atoms with van der Waals surface area (Å²) in [5, 5.41) is 3.40. The summed E-state index contributed by atoms with van der Waals surface area (Å²) in [5.41, 5.74) is 1.96. The summed E-state index contributed by atoms with van der Waals surface area (Å²) in [7, 11) is -3.10. The van der Waals surface area contributed by atoms with Crippen LogP contribution in [0.1, 0.15) is 44.7 Å². The summed E-state index contributed by atoms with van der Waals surface area (Å²) in [6.45, 7) is 9.17. The third kappa shape index (κ3) is 6.18. The van der Waals surface area contributed by atoms with Gasteiger partial charge in [-0.3, -0.25) is 0 Å². The Labute approximate surface area is 130 Å². The zero-order chi connectivity index (χ0) is 15.9. The van der Waals surface area contributed by atoms with Crippen LogP contribution < -0.4 is 5.32 Å². The molecule has 0 aliphatic rings. The second kappa shape index (κ2) is 8.54. The molecule has 0 bridgehead atoms. The van der Waals surface area contributed by atoms with Gasteiger partial charge in [0.15, 0.2) is 9.84 Å². The van der Waals surface area contributed by atoms with Crippen molar-refractivity contribution < 1.29 is 8.42 Å². The molecule has 0 amide bonds. The third-order valence-corrected chi connectivity index (χ3v) is 5.68. The first kappa shape index (κ1) is 18.2. The molecule has 0 spiro atoms. The molecule has 2 atom stereocenters. The summed E-state index contributed by atoms with van der Waals surface area (Å²) in [6, 6.07) is 7.76. The molecule has 1 N–H and O–H groups in total. The van der Waals surface area contributed by atoms with E-state index >= 15 is 0 Å². The smallest absolute Gasteiger partial charge is 0.155 e. The van der Waals surface area contributed by atoms with Crippen LogP contribution in [0.15, 0.2) is 24.3 Å². The van der Waals surface area contributed by atoms with Crippen LogP contribution in [-0.2, 0) is 15.6 Å². The molecule has 0 aromatic heterocycles. The molecule has 3 nitrogen and oxygen atoms in total. The van der Waals surface area contributed by atoms with E-state index in [0.29, 0.717) is 5.92 Å². The molecule has 0 aliphatic carbocycles. The largest absolute Gasteiger partial charge is 0.313 e. The summed E-state index contributed by atoms with van der Waals surface area (Å²) in [5.74, 6) is 0.722. The summed E-state index contributed by atoms with van der Waals surface area (Å²) >= 11 is 0. The van der Waals surface area contributed by atoms with Crippen molar-refractivity contribution >= 4 is 9.84 Å². The fraction of sp³-hybridized carbons (Fsp3) is 0.647. The Balaban J connectivity index is 2.78. The number of rotatable bonds is 9. The van der Waals surface area contributed by atoms with Gasteiger partial charge in [-0.25, -0.2) is 8.42 Å². The molecule has 0 aliphatic heterocycles. The fourth-order valence-electron chi connectivity index (χ4n) is 2.38. The molecule has 1 aromatic rings. The standard InChI is InChI=1S/C17H29NO2S/c1-5-11-18-17(14(3)6-2)13-21(19,20)12-16-10-8-7-9-15(16)4/h7-10,14,17-18H,5-6,11-13H2,1-4H3. The van der Waals surface area contributed by atoms with Gasteiger partial charge < -0.3 is 5.32 Å². The van der Waals surface area contributed by atoms with Crippen LogP contribution in [0, 0.1) is 12.8 Å². The molecule has 4 heteroatoms. The van der Waals surface area contributed by atoms with Crippen LogP contribution >= 0.6 is 0 Å². The van der Waals surface area contributed by atoms with Gasteiger partial charge in [-0.2, -0.15) is 0 Å². The van der Waals surface area contributed by atoms with Gasteiger partial charge >= 0.3 is 0 Å². The Morgan fingerprint density at radius 2 is 1.86 bits per heavy atom. The van der Waals surface area contributed by atoms with Gasteiger partial charge in [0.25, 0.3) is 0 Å². The summed E-state index contributed by atoms with van der Waals surface area (Å²) < 4.78 is 25.0. The predicted molar refractivity (Wildman–Crippen MR) is 90.2 cm³/mol. The van der Waals surface area contributed by atoms with E-state index in [1.54, 1.807) is 0 Å². The minimum absolute atomic E-state index is 0.0453. The normalized spacial score (nSPS) is 14.9. The van der Waals surface area contributed by atoms with Gasteiger partial charge in [0.05, 0.1) is 11.5 Å². The van der Waals surface area contributed by atoms with Gasteiger partial charge in [-0.1, -0.05) is 51.5 Å². The number of hydrogen-bond acceptors (Lipinski definition) is 3. The van der Waals surface area contributed by atoms with Crippen molar-refractivity contribution in [3.05, 3.63) is 35.4 Å². The van der Waals surface area contributed by atoms with Crippen molar-refractivity contribution in [2.75, 3.05) is 12.3 Å². The highest BCUT2D eigenvalue weighted by Gasteiger charge is 2.23. The van der Waals surface area contributed by atoms with Crippen LogP contribution in [0.25, 0.3) is 0 Å².